The van der Waals surface area contributed by atoms with Crippen molar-refractivity contribution in [3.63, 3.8) is 0 Å². The van der Waals surface area contributed by atoms with Crippen LogP contribution in [0.25, 0.3) is 0 Å². The van der Waals surface area contributed by atoms with E-state index in [0.29, 0.717) is 47.7 Å². The van der Waals surface area contributed by atoms with Gasteiger partial charge in [0.05, 0.1) is 41.2 Å². The molecule has 1 aliphatic heterocycles. The summed E-state index contributed by atoms with van der Waals surface area (Å²) in [5.74, 6) is 3.73. The van der Waals surface area contributed by atoms with Crippen LogP contribution in [0.1, 0.15) is 11.1 Å². The molecule has 2 aromatic rings. The zero-order valence-corrected chi connectivity index (χ0v) is 17.6. The third kappa shape index (κ3) is 5.20. The maximum Gasteiger partial charge on any atom is 0.231 e. The number of hydrogen-bond donors (Lipinski definition) is 1. The molecule has 0 unspecified atom stereocenters. The number of ether oxygens (including phenoxy) is 7. The molecule has 0 spiro atoms. The molecular weight excluding hydrogens is 392 g/mol. The molecule has 1 heterocycles. The minimum absolute atomic E-state index is 0.0173. The fourth-order valence-electron chi connectivity index (χ4n) is 3.21. The number of hydrogen-bond acceptors (Lipinski definition) is 8. The van der Waals surface area contributed by atoms with Crippen molar-refractivity contribution in [1.82, 2.24) is 0 Å². The maximum atomic E-state index is 8.76. The van der Waals surface area contributed by atoms with E-state index in [-0.39, 0.29) is 20.0 Å². The molecule has 0 radical (unpaired) electrons. The normalized spacial score (nSPS) is 12.0. The van der Waals surface area contributed by atoms with Crippen molar-refractivity contribution in [2.45, 2.75) is 12.8 Å². The first-order valence-corrected chi connectivity index (χ1v) is 9.73. The molecule has 2 aromatic carbocycles. The second-order valence-electron chi connectivity index (χ2n) is 6.55. The van der Waals surface area contributed by atoms with Crippen LogP contribution in [0.15, 0.2) is 24.3 Å². The van der Waals surface area contributed by atoms with Crippen molar-refractivity contribution in [2.75, 3.05) is 54.5 Å². The van der Waals surface area contributed by atoms with Crippen LogP contribution in [0.4, 0.5) is 0 Å². The third-order valence-corrected chi connectivity index (χ3v) is 4.65. The second kappa shape index (κ2) is 10.8. The molecule has 164 valence electrons. The van der Waals surface area contributed by atoms with E-state index >= 15 is 0 Å². The highest BCUT2D eigenvalue weighted by Crippen LogP contribution is 2.42. The monoisotopic (exact) mass is 420 g/mol. The van der Waals surface area contributed by atoms with Gasteiger partial charge in [-0.2, -0.15) is 0 Å². The molecule has 0 aromatic heterocycles. The maximum absolute atomic E-state index is 8.76. The summed E-state index contributed by atoms with van der Waals surface area (Å²) in [5, 5.41) is 8.76. The van der Waals surface area contributed by atoms with Crippen LogP contribution >= 0.6 is 0 Å². The average Bonchev–Trinajstić information content (AvgIpc) is 3.25. The fraction of sp³-hybridized carbons (Fsp3) is 0.455. The van der Waals surface area contributed by atoms with Gasteiger partial charge in [0.2, 0.25) is 18.3 Å². The van der Waals surface area contributed by atoms with Crippen molar-refractivity contribution in [3.8, 4) is 34.5 Å². The highest BCUT2D eigenvalue weighted by molar-refractivity contribution is 5.56. The molecular formula is C22H28O8. The first-order chi connectivity index (χ1) is 14.7. The predicted molar refractivity (Wildman–Crippen MR) is 109 cm³/mol. The summed E-state index contributed by atoms with van der Waals surface area (Å²) >= 11 is 0. The van der Waals surface area contributed by atoms with Crippen molar-refractivity contribution >= 4 is 0 Å². The summed E-state index contributed by atoms with van der Waals surface area (Å²) in [5.41, 5.74) is 2.12. The molecule has 0 fully saturated rings. The van der Waals surface area contributed by atoms with E-state index in [9.17, 15) is 0 Å². The van der Waals surface area contributed by atoms with Crippen LogP contribution in [-0.2, 0) is 17.6 Å². The molecule has 1 N–H and O–H groups in total. The standard InChI is InChI=1S/C22H28O8/c1-24-17-10-15(11-18(25-2)21(17)28-9-8-27-7-6-23)4-5-16-12-19(26-3)22-20(13-16)29-14-30-22/h10-13,23H,4-9,14H2,1-3H3. The number of aliphatic hydroxyl groups is 1. The van der Waals surface area contributed by atoms with Gasteiger partial charge in [0.25, 0.3) is 0 Å². The highest BCUT2D eigenvalue weighted by Gasteiger charge is 2.20. The van der Waals surface area contributed by atoms with Gasteiger partial charge >= 0.3 is 0 Å². The summed E-state index contributed by atoms with van der Waals surface area (Å²) in [6.07, 6.45) is 1.53. The zero-order valence-electron chi connectivity index (χ0n) is 17.6. The Hall–Kier alpha value is -2.84. The number of aliphatic hydroxyl groups excluding tert-OH is 1. The number of aryl methyl sites for hydroxylation is 2. The Bertz CT molecular complexity index is 811. The van der Waals surface area contributed by atoms with E-state index in [2.05, 4.69) is 0 Å². The minimum atomic E-state index is -0.0173. The van der Waals surface area contributed by atoms with Crippen LogP contribution in [0.2, 0.25) is 0 Å². The lowest BCUT2D eigenvalue weighted by atomic mass is 10.0. The summed E-state index contributed by atoms with van der Waals surface area (Å²) < 4.78 is 38.4. The second-order valence-corrected chi connectivity index (χ2v) is 6.55. The number of methoxy groups -OCH3 is 3. The van der Waals surface area contributed by atoms with Crippen LogP contribution in [-0.4, -0.2) is 59.7 Å². The first kappa shape index (κ1) is 21.9. The van der Waals surface area contributed by atoms with E-state index < -0.39 is 0 Å². The zero-order chi connectivity index (χ0) is 21.3. The Morgan fingerprint density at radius 2 is 1.43 bits per heavy atom. The van der Waals surface area contributed by atoms with Crippen LogP contribution in [0.5, 0.6) is 34.5 Å². The topological polar surface area (TPSA) is 84.8 Å². The third-order valence-electron chi connectivity index (χ3n) is 4.65. The van der Waals surface area contributed by atoms with Crippen molar-refractivity contribution in [1.29, 1.82) is 0 Å². The Kier molecular flexibility index (Phi) is 7.87. The lowest BCUT2D eigenvalue weighted by Crippen LogP contribution is -2.10. The molecule has 0 amide bonds. The quantitative estimate of drug-likeness (QED) is 0.525. The molecule has 0 saturated heterocycles. The van der Waals surface area contributed by atoms with Gasteiger partial charge in [-0.25, -0.2) is 0 Å². The Morgan fingerprint density at radius 1 is 0.800 bits per heavy atom. The van der Waals surface area contributed by atoms with Gasteiger partial charge in [-0.15, -0.1) is 0 Å². The van der Waals surface area contributed by atoms with Crippen LogP contribution in [0, 0.1) is 0 Å². The molecule has 8 nitrogen and oxygen atoms in total. The number of benzene rings is 2. The SMILES string of the molecule is COc1cc(CCc2cc(OC)c3c(c2)OCO3)cc(OC)c1OCCOCCO. The van der Waals surface area contributed by atoms with Crippen molar-refractivity contribution in [2.24, 2.45) is 0 Å². The molecule has 0 saturated carbocycles. The average molecular weight is 420 g/mol. The van der Waals surface area contributed by atoms with Gasteiger partial charge in [0, 0.05) is 0 Å². The van der Waals surface area contributed by atoms with Gasteiger partial charge in [0.1, 0.15) is 6.61 Å². The van der Waals surface area contributed by atoms with Gasteiger partial charge in [0.15, 0.2) is 23.0 Å². The summed E-state index contributed by atoms with van der Waals surface area (Å²) in [6, 6.07) is 7.82. The van der Waals surface area contributed by atoms with E-state index in [1.165, 1.54) is 0 Å². The van der Waals surface area contributed by atoms with Crippen LogP contribution < -0.4 is 28.4 Å². The summed E-state index contributed by atoms with van der Waals surface area (Å²) in [4.78, 5) is 0. The Morgan fingerprint density at radius 3 is 2.07 bits per heavy atom. The van der Waals surface area contributed by atoms with E-state index in [0.717, 1.165) is 24.0 Å². The van der Waals surface area contributed by atoms with Crippen molar-refractivity contribution in [3.05, 3.63) is 35.4 Å². The molecule has 8 heteroatoms. The van der Waals surface area contributed by atoms with E-state index in [4.69, 9.17) is 38.3 Å². The first-order valence-electron chi connectivity index (χ1n) is 9.73. The lowest BCUT2D eigenvalue weighted by molar-refractivity contribution is 0.0692. The van der Waals surface area contributed by atoms with Gasteiger partial charge in [-0.1, -0.05) is 0 Å². The molecule has 0 bridgehead atoms. The van der Waals surface area contributed by atoms with Crippen molar-refractivity contribution < 1.29 is 38.3 Å². The smallest absolute Gasteiger partial charge is 0.231 e. The summed E-state index contributed by atoms with van der Waals surface area (Å²) in [6.45, 7) is 1.15. The largest absolute Gasteiger partial charge is 0.493 e. The molecule has 1 aliphatic rings. The number of rotatable bonds is 12. The highest BCUT2D eigenvalue weighted by atomic mass is 16.7. The Balaban J connectivity index is 1.70. The lowest BCUT2D eigenvalue weighted by Gasteiger charge is -2.16. The number of fused-ring (bicyclic) bond motifs is 1. The van der Waals surface area contributed by atoms with Gasteiger partial charge in [-0.3, -0.25) is 0 Å². The molecule has 0 aliphatic carbocycles. The molecule has 30 heavy (non-hydrogen) atoms. The molecule has 0 atom stereocenters. The van der Waals surface area contributed by atoms with Gasteiger partial charge in [-0.05, 0) is 48.2 Å². The predicted octanol–water partition coefficient (Wildman–Crippen LogP) is 2.61. The summed E-state index contributed by atoms with van der Waals surface area (Å²) in [7, 11) is 4.80. The fourth-order valence-corrected chi connectivity index (χ4v) is 3.21. The minimum Gasteiger partial charge on any atom is -0.493 e. The van der Waals surface area contributed by atoms with Crippen LogP contribution in [0.3, 0.4) is 0 Å². The van der Waals surface area contributed by atoms with E-state index in [1.54, 1.807) is 21.3 Å². The Labute approximate surface area is 176 Å². The van der Waals surface area contributed by atoms with Gasteiger partial charge < -0.3 is 38.3 Å². The molecule has 3 rings (SSSR count). The van der Waals surface area contributed by atoms with E-state index in [1.807, 2.05) is 24.3 Å².